The Balaban J connectivity index is 2.27. The fraction of sp³-hybridized carbons (Fsp3) is 0.688. The lowest BCUT2D eigenvalue weighted by Gasteiger charge is -2.20. The van der Waals surface area contributed by atoms with E-state index >= 15 is 0 Å². The lowest BCUT2D eigenvalue weighted by molar-refractivity contribution is 0.290. The van der Waals surface area contributed by atoms with Crippen molar-refractivity contribution in [1.82, 2.24) is 15.2 Å². The van der Waals surface area contributed by atoms with Gasteiger partial charge < -0.3 is 15.0 Å². The zero-order valence-corrected chi connectivity index (χ0v) is 13.4. The van der Waals surface area contributed by atoms with E-state index < -0.39 is 0 Å². The molecule has 1 atom stereocenters. The van der Waals surface area contributed by atoms with Crippen LogP contribution in [0.4, 0.5) is 0 Å². The molecule has 1 heterocycles. The molecule has 1 aromatic rings. The Morgan fingerprint density at radius 3 is 2.75 bits per heavy atom. The predicted octanol–water partition coefficient (Wildman–Crippen LogP) is 2.69. The average molecular weight is 279 g/mol. The highest BCUT2D eigenvalue weighted by molar-refractivity contribution is 5.25. The van der Waals surface area contributed by atoms with Gasteiger partial charge in [0.1, 0.15) is 0 Å². The van der Waals surface area contributed by atoms with E-state index in [1.807, 2.05) is 6.07 Å². The molecular formula is C16H29N3O. The molecule has 1 N–H and O–H groups in total. The van der Waals surface area contributed by atoms with Gasteiger partial charge in [0, 0.05) is 24.3 Å². The number of pyridine rings is 1. The number of nitrogens with one attached hydrogen (secondary N) is 1. The largest absolute Gasteiger partial charge is 0.481 e. The standard InChI is InChI=1S/C16H29N3O/c1-5-19(6-2)12-8-9-14(3)18-13-15-10-7-11-17-16(15)20-4/h7,10-11,14,18H,5-6,8-9,12-13H2,1-4H3. The lowest BCUT2D eigenvalue weighted by atomic mass is 10.1. The molecule has 20 heavy (non-hydrogen) atoms. The van der Waals surface area contributed by atoms with Crippen LogP contribution in [0.5, 0.6) is 5.88 Å². The zero-order chi connectivity index (χ0) is 14.8. The second-order valence-electron chi connectivity index (χ2n) is 5.12. The maximum Gasteiger partial charge on any atom is 0.217 e. The number of nitrogens with zero attached hydrogens (tertiary/aromatic N) is 2. The predicted molar refractivity (Wildman–Crippen MR) is 84.1 cm³/mol. The van der Waals surface area contributed by atoms with Gasteiger partial charge in [-0.15, -0.1) is 0 Å². The smallest absolute Gasteiger partial charge is 0.217 e. The lowest BCUT2D eigenvalue weighted by Crippen LogP contribution is -2.29. The van der Waals surface area contributed by atoms with Gasteiger partial charge in [-0.3, -0.25) is 0 Å². The summed E-state index contributed by atoms with van der Waals surface area (Å²) < 4.78 is 5.26. The monoisotopic (exact) mass is 279 g/mol. The second kappa shape index (κ2) is 9.72. The van der Waals surface area contributed by atoms with Crippen LogP contribution in [-0.4, -0.2) is 42.7 Å². The molecular weight excluding hydrogens is 250 g/mol. The van der Waals surface area contributed by atoms with Gasteiger partial charge >= 0.3 is 0 Å². The van der Waals surface area contributed by atoms with Gasteiger partial charge in [0.15, 0.2) is 0 Å². The molecule has 1 aromatic heterocycles. The third kappa shape index (κ3) is 5.88. The molecule has 0 amide bonds. The van der Waals surface area contributed by atoms with Crippen molar-refractivity contribution in [2.45, 2.75) is 46.2 Å². The number of rotatable bonds is 10. The first-order valence-electron chi connectivity index (χ1n) is 7.64. The van der Waals surface area contributed by atoms with Crippen molar-refractivity contribution in [2.24, 2.45) is 0 Å². The van der Waals surface area contributed by atoms with Crippen LogP contribution in [0.2, 0.25) is 0 Å². The third-order valence-corrected chi connectivity index (χ3v) is 3.69. The second-order valence-corrected chi connectivity index (χ2v) is 5.12. The number of hydrogen-bond donors (Lipinski definition) is 1. The normalized spacial score (nSPS) is 12.7. The van der Waals surface area contributed by atoms with Gasteiger partial charge in [-0.05, 0) is 45.5 Å². The van der Waals surface area contributed by atoms with Gasteiger partial charge in [0.25, 0.3) is 0 Å². The van der Waals surface area contributed by atoms with Crippen LogP contribution < -0.4 is 10.1 Å². The minimum absolute atomic E-state index is 0.510. The quantitative estimate of drug-likeness (QED) is 0.714. The minimum atomic E-state index is 0.510. The molecule has 0 fully saturated rings. The Kier molecular flexibility index (Phi) is 8.23. The number of hydrogen-bond acceptors (Lipinski definition) is 4. The van der Waals surface area contributed by atoms with Gasteiger partial charge in [-0.25, -0.2) is 4.98 Å². The highest BCUT2D eigenvalue weighted by Crippen LogP contribution is 2.13. The van der Waals surface area contributed by atoms with E-state index in [0.29, 0.717) is 6.04 Å². The molecule has 1 rings (SSSR count). The van der Waals surface area contributed by atoms with Crippen LogP contribution in [0.25, 0.3) is 0 Å². The molecule has 0 aliphatic heterocycles. The number of methoxy groups -OCH3 is 1. The summed E-state index contributed by atoms with van der Waals surface area (Å²) >= 11 is 0. The Hall–Kier alpha value is -1.13. The third-order valence-electron chi connectivity index (χ3n) is 3.69. The molecule has 0 saturated carbocycles. The van der Waals surface area contributed by atoms with Gasteiger partial charge in [0.2, 0.25) is 5.88 Å². The molecule has 1 unspecified atom stereocenters. The summed E-state index contributed by atoms with van der Waals surface area (Å²) in [5.41, 5.74) is 1.12. The van der Waals surface area contributed by atoms with Crippen molar-refractivity contribution in [2.75, 3.05) is 26.7 Å². The van der Waals surface area contributed by atoms with Crippen molar-refractivity contribution in [1.29, 1.82) is 0 Å². The summed E-state index contributed by atoms with van der Waals surface area (Å²) in [6.07, 6.45) is 4.19. The maximum absolute atomic E-state index is 5.26. The summed E-state index contributed by atoms with van der Waals surface area (Å²) in [5.74, 6) is 0.718. The summed E-state index contributed by atoms with van der Waals surface area (Å²) in [6, 6.07) is 4.52. The van der Waals surface area contributed by atoms with Gasteiger partial charge in [-0.2, -0.15) is 0 Å². The molecule has 114 valence electrons. The van der Waals surface area contributed by atoms with E-state index in [-0.39, 0.29) is 0 Å². The van der Waals surface area contributed by atoms with Crippen LogP contribution in [0.15, 0.2) is 18.3 Å². The molecule has 0 aliphatic rings. The van der Waals surface area contributed by atoms with Crippen molar-refractivity contribution in [3.05, 3.63) is 23.9 Å². The van der Waals surface area contributed by atoms with Crippen LogP contribution in [0, 0.1) is 0 Å². The highest BCUT2D eigenvalue weighted by atomic mass is 16.5. The van der Waals surface area contributed by atoms with E-state index in [1.54, 1.807) is 13.3 Å². The first-order valence-corrected chi connectivity index (χ1v) is 7.64. The fourth-order valence-electron chi connectivity index (χ4n) is 2.29. The van der Waals surface area contributed by atoms with E-state index in [0.717, 1.165) is 31.1 Å². The minimum Gasteiger partial charge on any atom is -0.481 e. The Bertz CT molecular complexity index is 366. The first kappa shape index (κ1) is 16.9. The van der Waals surface area contributed by atoms with Crippen molar-refractivity contribution >= 4 is 0 Å². The van der Waals surface area contributed by atoms with Crippen LogP contribution in [-0.2, 0) is 6.54 Å². The Labute approximate surface area is 123 Å². The highest BCUT2D eigenvalue weighted by Gasteiger charge is 2.07. The number of aromatic nitrogens is 1. The Morgan fingerprint density at radius 2 is 2.10 bits per heavy atom. The molecule has 0 bridgehead atoms. The summed E-state index contributed by atoms with van der Waals surface area (Å²) in [5, 5.41) is 3.54. The van der Waals surface area contributed by atoms with E-state index in [1.165, 1.54) is 19.4 Å². The fourth-order valence-corrected chi connectivity index (χ4v) is 2.29. The first-order chi connectivity index (χ1) is 9.71. The zero-order valence-electron chi connectivity index (χ0n) is 13.4. The summed E-state index contributed by atoms with van der Waals surface area (Å²) in [6.45, 7) is 11.0. The molecule has 0 radical (unpaired) electrons. The van der Waals surface area contributed by atoms with Crippen LogP contribution in [0.3, 0.4) is 0 Å². The summed E-state index contributed by atoms with van der Waals surface area (Å²) in [7, 11) is 1.67. The number of ether oxygens (including phenoxy) is 1. The van der Waals surface area contributed by atoms with Gasteiger partial charge in [-0.1, -0.05) is 19.9 Å². The SMILES string of the molecule is CCN(CC)CCCC(C)NCc1cccnc1OC. The van der Waals surface area contributed by atoms with Crippen LogP contribution >= 0.6 is 0 Å². The topological polar surface area (TPSA) is 37.4 Å². The molecule has 0 spiro atoms. The average Bonchev–Trinajstić information content (AvgIpc) is 2.49. The maximum atomic E-state index is 5.26. The van der Waals surface area contributed by atoms with E-state index in [2.05, 4.69) is 42.0 Å². The van der Waals surface area contributed by atoms with Crippen molar-refractivity contribution in [3.8, 4) is 5.88 Å². The van der Waals surface area contributed by atoms with Crippen molar-refractivity contribution in [3.63, 3.8) is 0 Å². The van der Waals surface area contributed by atoms with E-state index in [9.17, 15) is 0 Å². The summed E-state index contributed by atoms with van der Waals surface area (Å²) in [4.78, 5) is 6.68. The molecule has 0 saturated heterocycles. The van der Waals surface area contributed by atoms with Gasteiger partial charge in [0.05, 0.1) is 7.11 Å². The van der Waals surface area contributed by atoms with Crippen LogP contribution in [0.1, 0.15) is 39.2 Å². The molecule has 0 aromatic carbocycles. The molecule has 4 nitrogen and oxygen atoms in total. The molecule has 0 aliphatic carbocycles. The van der Waals surface area contributed by atoms with E-state index in [4.69, 9.17) is 4.74 Å². The van der Waals surface area contributed by atoms with Crippen molar-refractivity contribution < 1.29 is 4.74 Å². The Morgan fingerprint density at radius 1 is 1.35 bits per heavy atom. The molecule has 4 heteroatoms.